The molecule has 1 unspecified atom stereocenters. The standard InChI is InChI=1S/C15H21F3N2O/c1-2-21-13-7-3-11(4-8-13)14(19)9-20(12-5-6-12)10-15(16,17)18/h3-4,7-8,12,14H,2,5-6,9-10,19H2,1H3. The van der Waals surface area contributed by atoms with Crippen LogP contribution in [0.4, 0.5) is 13.2 Å². The lowest BCUT2D eigenvalue weighted by molar-refractivity contribution is -0.147. The Morgan fingerprint density at radius 2 is 1.90 bits per heavy atom. The molecule has 1 saturated carbocycles. The number of alkyl halides is 3. The van der Waals surface area contributed by atoms with Gasteiger partial charge in [0.15, 0.2) is 0 Å². The molecule has 118 valence electrons. The Labute approximate surface area is 122 Å². The van der Waals surface area contributed by atoms with Gasteiger partial charge in [-0.15, -0.1) is 0 Å². The van der Waals surface area contributed by atoms with Gasteiger partial charge in [0.1, 0.15) is 5.75 Å². The molecule has 2 rings (SSSR count). The molecule has 6 heteroatoms. The second kappa shape index (κ2) is 6.66. The first-order valence-electron chi connectivity index (χ1n) is 7.18. The van der Waals surface area contributed by atoms with Gasteiger partial charge in [0, 0.05) is 18.6 Å². The Hall–Kier alpha value is -1.27. The Kier molecular flexibility index (Phi) is 5.11. The predicted molar refractivity (Wildman–Crippen MR) is 75.2 cm³/mol. The number of benzene rings is 1. The van der Waals surface area contributed by atoms with E-state index in [1.807, 2.05) is 19.1 Å². The van der Waals surface area contributed by atoms with E-state index in [1.54, 1.807) is 12.1 Å². The first kappa shape index (κ1) is 16.1. The van der Waals surface area contributed by atoms with Crippen molar-refractivity contribution in [1.82, 2.24) is 4.90 Å². The summed E-state index contributed by atoms with van der Waals surface area (Å²) < 4.78 is 43.1. The van der Waals surface area contributed by atoms with Gasteiger partial charge < -0.3 is 10.5 Å². The van der Waals surface area contributed by atoms with E-state index < -0.39 is 18.8 Å². The third-order valence-corrected chi connectivity index (χ3v) is 3.50. The van der Waals surface area contributed by atoms with Gasteiger partial charge in [-0.2, -0.15) is 13.2 Å². The molecule has 0 spiro atoms. The van der Waals surface area contributed by atoms with Crippen molar-refractivity contribution in [1.29, 1.82) is 0 Å². The smallest absolute Gasteiger partial charge is 0.401 e. The lowest BCUT2D eigenvalue weighted by Crippen LogP contribution is -2.40. The molecule has 0 aromatic heterocycles. The van der Waals surface area contributed by atoms with Gasteiger partial charge in [0.05, 0.1) is 13.2 Å². The minimum absolute atomic E-state index is 0.0281. The van der Waals surface area contributed by atoms with Crippen LogP contribution in [0.15, 0.2) is 24.3 Å². The van der Waals surface area contributed by atoms with Crippen LogP contribution in [-0.2, 0) is 0 Å². The molecule has 2 N–H and O–H groups in total. The Balaban J connectivity index is 1.96. The normalized spacial score (nSPS) is 17.0. The Morgan fingerprint density at radius 3 is 2.38 bits per heavy atom. The van der Waals surface area contributed by atoms with Gasteiger partial charge in [0.25, 0.3) is 0 Å². The van der Waals surface area contributed by atoms with Crippen molar-refractivity contribution >= 4 is 0 Å². The fourth-order valence-corrected chi connectivity index (χ4v) is 2.35. The zero-order chi connectivity index (χ0) is 15.5. The molecule has 0 saturated heterocycles. The number of halogens is 3. The highest BCUT2D eigenvalue weighted by Gasteiger charge is 2.38. The van der Waals surface area contributed by atoms with Crippen molar-refractivity contribution in [2.24, 2.45) is 5.73 Å². The van der Waals surface area contributed by atoms with E-state index in [4.69, 9.17) is 10.5 Å². The molecule has 3 nitrogen and oxygen atoms in total. The highest BCUT2D eigenvalue weighted by atomic mass is 19.4. The Morgan fingerprint density at radius 1 is 1.29 bits per heavy atom. The molecule has 1 aliphatic carbocycles. The van der Waals surface area contributed by atoms with Gasteiger partial charge in [-0.1, -0.05) is 12.1 Å². The van der Waals surface area contributed by atoms with Gasteiger partial charge in [-0.05, 0) is 37.5 Å². The zero-order valence-corrected chi connectivity index (χ0v) is 12.1. The maximum absolute atomic E-state index is 12.6. The molecule has 0 bridgehead atoms. The zero-order valence-electron chi connectivity index (χ0n) is 12.1. The monoisotopic (exact) mass is 302 g/mol. The number of nitrogens with two attached hydrogens (primary N) is 1. The van der Waals surface area contributed by atoms with Gasteiger partial charge in [-0.3, -0.25) is 4.90 Å². The van der Waals surface area contributed by atoms with E-state index in [-0.39, 0.29) is 12.6 Å². The fourth-order valence-electron chi connectivity index (χ4n) is 2.35. The summed E-state index contributed by atoms with van der Waals surface area (Å²) in [6.45, 7) is 1.80. The third-order valence-electron chi connectivity index (χ3n) is 3.50. The van der Waals surface area contributed by atoms with Crippen LogP contribution in [0.5, 0.6) is 5.75 Å². The van der Waals surface area contributed by atoms with Crippen molar-refractivity contribution in [3.63, 3.8) is 0 Å². The molecule has 0 radical (unpaired) electrons. The lowest BCUT2D eigenvalue weighted by atomic mass is 10.1. The van der Waals surface area contributed by atoms with Gasteiger partial charge in [0.2, 0.25) is 0 Å². The maximum Gasteiger partial charge on any atom is 0.401 e. The molecule has 1 fully saturated rings. The van der Waals surface area contributed by atoms with Crippen molar-refractivity contribution in [2.45, 2.75) is 38.0 Å². The number of rotatable bonds is 7. The van der Waals surface area contributed by atoms with Crippen molar-refractivity contribution in [2.75, 3.05) is 19.7 Å². The first-order chi connectivity index (χ1) is 9.89. The molecule has 1 aromatic carbocycles. The maximum atomic E-state index is 12.6. The lowest BCUT2D eigenvalue weighted by Gasteiger charge is -2.26. The molecular weight excluding hydrogens is 281 g/mol. The number of hydrogen-bond acceptors (Lipinski definition) is 3. The van der Waals surface area contributed by atoms with Crippen LogP contribution in [0, 0.1) is 0 Å². The molecule has 1 aromatic rings. The molecule has 0 heterocycles. The molecule has 21 heavy (non-hydrogen) atoms. The van der Waals surface area contributed by atoms with E-state index in [0.717, 1.165) is 24.2 Å². The van der Waals surface area contributed by atoms with E-state index in [0.29, 0.717) is 6.61 Å². The average molecular weight is 302 g/mol. The Bertz CT molecular complexity index is 443. The number of ether oxygens (including phenoxy) is 1. The van der Waals surface area contributed by atoms with Gasteiger partial charge in [-0.25, -0.2) is 0 Å². The van der Waals surface area contributed by atoms with Crippen LogP contribution in [0.1, 0.15) is 31.4 Å². The molecule has 1 atom stereocenters. The minimum atomic E-state index is -4.18. The summed E-state index contributed by atoms with van der Waals surface area (Å²) in [4.78, 5) is 1.45. The van der Waals surface area contributed by atoms with Crippen molar-refractivity contribution < 1.29 is 17.9 Å². The molecule has 0 aliphatic heterocycles. The second-order valence-electron chi connectivity index (χ2n) is 5.38. The molecule has 1 aliphatic rings. The third kappa shape index (κ3) is 5.21. The topological polar surface area (TPSA) is 38.5 Å². The highest BCUT2D eigenvalue weighted by Crippen LogP contribution is 2.31. The van der Waals surface area contributed by atoms with Crippen LogP contribution in [-0.4, -0.2) is 36.8 Å². The highest BCUT2D eigenvalue weighted by molar-refractivity contribution is 5.29. The molecule has 0 amide bonds. The van der Waals surface area contributed by atoms with Crippen LogP contribution in [0.3, 0.4) is 0 Å². The second-order valence-corrected chi connectivity index (χ2v) is 5.38. The number of nitrogens with zero attached hydrogens (tertiary/aromatic N) is 1. The summed E-state index contributed by atoms with van der Waals surface area (Å²) in [6.07, 6.45) is -2.53. The molecular formula is C15H21F3N2O. The summed E-state index contributed by atoms with van der Waals surface area (Å²) >= 11 is 0. The van der Waals surface area contributed by atoms with Crippen LogP contribution in [0.25, 0.3) is 0 Å². The van der Waals surface area contributed by atoms with Crippen LogP contribution >= 0.6 is 0 Å². The van der Waals surface area contributed by atoms with Crippen molar-refractivity contribution in [3.05, 3.63) is 29.8 Å². The SMILES string of the molecule is CCOc1ccc(C(N)CN(CC(F)(F)F)C2CC2)cc1. The van der Waals surface area contributed by atoms with E-state index in [9.17, 15) is 13.2 Å². The minimum Gasteiger partial charge on any atom is -0.494 e. The summed E-state index contributed by atoms with van der Waals surface area (Å²) in [5.41, 5.74) is 6.88. The summed E-state index contributed by atoms with van der Waals surface area (Å²) in [7, 11) is 0. The van der Waals surface area contributed by atoms with Crippen molar-refractivity contribution in [3.8, 4) is 5.75 Å². The summed E-state index contributed by atoms with van der Waals surface area (Å²) in [6, 6.07) is 6.82. The van der Waals surface area contributed by atoms with Crippen LogP contribution < -0.4 is 10.5 Å². The predicted octanol–water partition coefficient (Wildman–Crippen LogP) is 3.11. The van der Waals surface area contributed by atoms with Crippen LogP contribution in [0.2, 0.25) is 0 Å². The van der Waals surface area contributed by atoms with E-state index in [2.05, 4.69) is 0 Å². The van der Waals surface area contributed by atoms with E-state index >= 15 is 0 Å². The summed E-state index contributed by atoms with van der Waals surface area (Å²) in [5.74, 6) is 0.739. The van der Waals surface area contributed by atoms with E-state index in [1.165, 1.54) is 4.90 Å². The quantitative estimate of drug-likeness (QED) is 0.841. The largest absolute Gasteiger partial charge is 0.494 e. The first-order valence-corrected chi connectivity index (χ1v) is 7.18. The number of hydrogen-bond donors (Lipinski definition) is 1. The van der Waals surface area contributed by atoms with Gasteiger partial charge >= 0.3 is 6.18 Å². The average Bonchev–Trinajstić information content (AvgIpc) is 3.22. The summed E-state index contributed by atoms with van der Waals surface area (Å²) in [5, 5.41) is 0. The fraction of sp³-hybridized carbons (Fsp3) is 0.600.